The van der Waals surface area contributed by atoms with Gasteiger partial charge in [-0.05, 0) is 49.6 Å². The maximum atomic E-state index is 13.0. The zero-order valence-electron chi connectivity index (χ0n) is 15.6. The summed E-state index contributed by atoms with van der Waals surface area (Å²) in [5, 5.41) is 7.76. The van der Waals surface area contributed by atoms with Gasteiger partial charge in [0.1, 0.15) is 0 Å². The van der Waals surface area contributed by atoms with Gasteiger partial charge in [0.15, 0.2) is 5.65 Å². The van der Waals surface area contributed by atoms with Crippen molar-refractivity contribution >= 4 is 17.3 Å². The highest BCUT2D eigenvalue weighted by Crippen LogP contribution is 2.19. The molecule has 2 heterocycles. The summed E-state index contributed by atoms with van der Waals surface area (Å²) in [6.07, 6.45) is 0. The van der Waals surface area contributed by atoms with Crippen LogP contribution in [0, 0.1) is 20.8 Å². The Morgan fingerprint density at radius 3 is 2.48 bits per heavy atom. The summed E-state index contributed by atoms with van der Waals surface area (Å²) in [6.45, 7) is 6.44. The van der Waals surface area contributed by atoms with E-state index < -0.39 is 0 Å². The molecule has 4 aromatic rings. The minimum absolute atomic E-state index is 0.215. The highest BCUT2D eigenvalue weighted by molar-refractivity contribution is 5.58. The van der Waals surface area contributed by atoms with Crippen LogP contribution in [0.25, 0.3) is 5.65 Å². The maximum Gasteiger partial charge on any atom is 0.353 e. The number of hydrogen-bond acceptors (Lipinski definition) is 4. The van der Waals surface area contributed by atoms with Crippen molar-refractivity contribution in [2.75, 3.05) is 5.32 Å². The van der Waals surface area contributed by atoms with Crippen molar-refractivity contribution in [3.05, 3.63) is 87.5 Å². The molecular weight excluding hydrogens is 338 g/mol. The van der Waals surface area contributed by atoms with E-state index in [9.17, 15) is 4.79 Å². The lowest BCUT2D eigenvalue weighted by Gasteiger charge is -2.09. The number of aryl methyl sites for hydroxylation is 3. The van der Waals surface area contributed by atoms with Gasteiger partial charge in [-0.1, -0.05) is 36.4 Å². The molecule has 0 fully saturated rings. The smallest absolute Gasteiger partial charge is 0.325 e. The van der Waals surface area contributed by atoms with Crippen LogP contribution in [0.4, 0.5) is 11.6 Å². The lowest BCUT2D eigenvalue weighted by Crippen LogP contribution is -2.23. The normalized spacial score (nSPS) is 11.1. The Balaban J connectivity index is 1.78. The average Bonchev–Trinajstić information content (AvgIpc) is 2.94. The zero-order chi connectivity index (χ0) is 19.0. The van der Waals surface area contributed by atoms with Crippen molar-refractivity contribution in [1.82, 2.24) is 19.2 Å². The topological polar surface area (TPSA) is 64.2 Å². The van der Waals surface area contributed by atoms with Crippen molar-refractivity contribution in [2.24, 2.45) is 0 Å². The van der Waals surface area contributed by atoms with Gasteiger partial charge in [0.25, 0.3) is 0 Å². The third kappa shape index (κ3) is 3.33. The van der Waals surface area contributed by atoms with Gasteiger partial charge in [0.2, 0.25) is 5.95 Å². The van der Waals surface area contributed by atoms with Crippen molar-refractivity contribution in [1.29, 1.82) is 0 Å². The van der Waals surface area contributed by atoms with E-state index in [2.05, 4.69) is 29.2 Å². The van der Waals surface area contributed by atoms with Crippen LogP contribution >= 0.6 is 0 Å². The summed E-state index contributed by atoms with van der Waals surface area (Å²) >= 11 is 0. The van der Waals surface area contributed by atoms with Crippen LogP contribution in [-0.4, -0.2) is 19.2 Å². The molecule has 0 bridgehead atoms. The minimum Gasteiger partial charge on any atom is -0.325 e. The second kappa shape index (κ2) is 6.72. The van der Waals surface area contributed by atoms with Crippen molar-refractivity contribution in [3.8, 4) is 0 Å². The molecule has 6 heteroatoms. The van der Waals surface area contributed by atoms with Crippen LogP contribution in [0.5, 0.6) is 0 Å². The first-order valence-electron chi connectivity index (χ1n) is 8.87. The number of aromatic nitrogens is 4. The van der Waals surface area contributed by atoms with Crippen LogP contribution in [0.15, 0.2) is 59.4 Å². The second-order valence-corrected chi connectivity index (χ2v) is 6.76. The number of hydrogen-bond donors (Lipinski definition) is 1. The van der Waals surface area contributed by atoms with Crippen molar-refractivity contribution in [2.45, 2.75) is 27.3 Å². The largest absolute Gasteiger partial charge is 0.353 e. The summed E-state index contributed by atoms with van der Waals surface area (Å²) in [5.41, 5.74) is 5.47. The molecule has 2 aromatic heterocycles. The first-order chi connectivity index (χ1) is 13.0. The van der Waals surface area contributed by atoms with Gasteiger partial charge in [0.05, 0.1) is 6.54 Å². The Hall–Kier alpha value is -3.41. The van der Waals surface area contributed by atoms with E-state index >= 15 is 0 Å². The molecule has 2 aromatic carbocycles. The van der Waals surface area contributed by atoms with Crippen LogP contribution in [0.3, 0.4) is 0 Å². The first-order valence-corrected chi connectivity index (χ1v) is 8.87. The van der Waals surface area contributed by atoms with Gasteiger partial charge in [-0.2, -0.15) is 0 Å². The fraction of sp³-hybridized carbons (Fsp3) is 0.190. The quantitative estimate of drug-likeness (QED) is 0.605. The van der Waals surface area contributed by atoms with Crippen LogP contribution in [0.1, 0.15) is 22.4 Å². The monoisotopic (exact) mass is 359 g/mol. The van der Waals surface area contributed by atoms with Gasteiger partial charge in [-0.3, -0.25) is 0 Å². The van der Waals surface area contributed by atoms with Crippen molar-refractivity contribution < 1.29 is 0 Å². The molecule has 6 nitrogen and oxygen atoms in total. The summed E-state index contributed by atoms with van der Waals surface area (Å²) in [7, 11) is 0. The molecule has 0 radical (unpaired) electrons. The summed E-state index contributed by atoms with van der Waals surface area (Å²) in [6, 6.07) is 17.7. The van der Waals surface area contributed by atoms with Gasteiger partial charge in [-0.15, -0.1) is 5.10 Å². The standard InChI is InChI=1S/C21H21N5O/c1-14-9-10-18(11-15(14)2)23-20-22-16(3)12-19-24-25(21(27)26(19)20)13-17-7-5-4-6-8-17/h4-12H,13H2,1-3H3,(H,22,23). The summed E-state index contributed by atoms with van der Waals surface area (Å²) < 4.78 is 2.99. The molecule has 0 amide bonds. The molecule has 0 aliphatic carbocycles. The Morgan fingerprint density at radius 1 is 0.963 bits per heavy atom. The van der Waals surface area contributed by atoms with Crippen LogP contribution in [0.2, 0.25) is 0 Å². The molecule has 1 N–H and O–H groups in total. The predicted molar refractivity (Wildman–Crippen MR) is 107 cm³/mol. The number of fused-ring (bicyclic) bond motifs is 1. The van der Waals surface area contributed by atoms with Crippen LogP contribution < -0.4 is 11.0 Å². The molecule has 0 spiro atoms. The molecule has 0 atom stereocenters. The van der Waals surface area contributed by atoms with Gasteiger partial charge < -0.3 is 5.32 Å². The molecule has 0 unspecified atom stereocenters. The van der Waals surface area contributed by atoms with E-state index in [1.54, 1.807) is 0 Å². The third-order valence-corrected chi connectivity index (χ3v) is 4.63. The van der Waals surface area contributed by atoms with E-state index in [4.69, 9.17) is 0 Å². The highest BCUT2D eigenvalue weighted by atomic mass is 16.2. The molecule has 4 rings (SSSR count). The third-order valence-electron chi connectivity index (χ3n) is 4.63. The van der Waals surface area contributed by atoms with Crippen LogP contribution in [-0.2, 0) is 6.54 Å². The second-order valence-electron chi connectivity index (χ2n) is 6.76. The van der Waals surface area contributed by atoms with E-state index in [0.29, 0.717) is 18.1 Å². The number of rotatable bonds is 4. The molecular formula is C21H21N5O. The Kier molecular flexibility index (Phi) is 4.24. The van der Waals surface area contributed by atoms with E-state index in [1.807, 2.05) is 61.5 Å². The fourth-order valence-corrected chi connectivity index (χ4v) is 3.04. The molecule has 0 saturated heterocycles. The number of anilines is 2. The number of nitrogens with zero attached hydrogens (tertiary/aromatic N) is 4. The number of nitrogens with one attached hydrogen (secondary N) is 1. The Bertz CT molecular complexity index is 1170. The van der Waals surface area contributed by atoms with Gasteiger partial charge in [-0.25, -0.2) is 18.9 Å². The fourth-order valence-electron chi connectivity index (χ4n) is 3.04. The van der Waals surface area contributed by atoms with E-state index in [1.165, 1.54) is 20.2 Å². The lowest BCUT2D eigenvalue weighted by molar-refractivity contribution is 0.659. The Morgan fingerprint density at radius 2 is 1.74 bits per heavy atom. The summed E-state index contributed by atoms with van der Waals surface area (Å²) in [5.74, 6) is 0.470. The molecule has 0 aliphatic heterocycles. The molecule has 0 aliphatic rings. The minimum atomic E-state index is -0.215. The van der Waals surface area contributed by atoms with Gasteiger partial charge in [0, 0.05) is 17.4 Å². The van der Waals surface area contributed by atoms with Gasteiger partial charge >= 0.3 is 5.69 Å². The SMILES string of the molecule is Cc1cc2nn(Cc3ccccc3)c(=O)n2c(Nc2ccc(C)c(C)c2)n1. The first kappa shape index (κ1) is 17.0. The predicted octanol–water partition coefficient (Wildman–Crippen LogP) is 3.61. The maximum absolute atomic E-state index is 13.0. The van der Waals surface area contributed by atoms with E-state index in [-0.39, 0.29) is 5.69 Å². The Labute approximate surface area is 157 Å². The highest BCUT2D eigenvalue weighted by Gasteiger charge is 2.13. The summed E-state index contributed by atoms with van der Waals surface area (Å²) in [4.78, 5) is 17.5. The van der Waals surface area contributed by atoms with Crippen molar-refractivity contribution in [3.63, 3.8) is 0 Å². The zero-order valence-corrected chi connectivity index (χ0v) is 15.6. The molecule has 136 valence electrons. The average molecular weight is 359 g/mol. The molecule has 27 heavy (non-hydrogen) atoms. The lowest BCUT2D eigenvalue weighted by atomic mass is 10.1. The molecule has 0 saturated carbocycles. The van der Waals surface area contributed by atoms with E-state index in [0.717, 1.165) is 16.9 Å². The number of benzene rings is 2.